The molecule has 2 unspecified atom stereocenters. The van der Waals surface area contributed by atoms with Crippen molar-refractivity contribution in [3.05, 3.63) is 17.2 Å². The first-order valence-electron chi connectivity index (χ1n) is 9.24. The monoisotopic (exact) mass is 394 g/mol. The van der Waals surface area contributed by atoms with Crippen LogP contribution in [0.25, 0.3) is 10.9 Å². The van der Waals surface area contributed by atoms with E-state index in [1.54, 1.807) is 0 Å². The van der Waals surface area contributed by atoms with Gasteiger partial charge in [0.2, 0.25) is 0 Å². The number of aliphatic hydroxyl groups excluding tert-OH is 1. The summed E-state index contributed by atoms with van der Waals surface area (Å²) in [5.41, 5.74) is -0.114. The smallest absolute Gasteiger partial charge is 0.319 e. The van der Waals surface area contributed by atoms with Gasteiger partial charge in [-0.05, 0) is 25.7 Å². The van der Waals surface area contributed by atoms with Crippen molar-refractivity contribution in [2.75, 3.05) is 31.3 Å². The number of nitrogens with zero attached hydrogens (tertiary/aromatic N) is 4. The predicted molar refractivity (Wildman–Crippen MR) is 96.7 cm³/mol. The van der Waals surface area contributed by atoms with Crippen LogP contribution in [0, 0.1) is 11.2 Å². The standard InChI is InChI=1S/C18H20ClFN4O3/c19-15-13(20)14-10(7-21-15)16(24-4-1-5-26-12-6-11(12)24)23-17(22-14)27-9-18(8-25)2-3-18/h7,11-12,25H,1-6,8-9H2. The molecule has 27 heavy (non-hydrogen) atoms. The number of aromatic nitrogens is 3. The summed E-state index contributed by atoms with van der Waals surface area (Å²) < 4.78 is 26.2. The lowest BCUT2D eigenvalue weighted by molar-refractivity contribution is 0.123. The molecule has 0 spiro atoms. The first-order valence-corrected chi connectivity index (χ1v) is 9.62. The summed E-state index contributed by atoms with van der Waals surface area (Å²) in [6.07, 6.45) is 5.31. The fourth-order valence-electron chi connectivity index (χ4n) is 3.59. The maximum absolute atomic E-state index is 14.6. The number of anilines is 1. The molecule has 9 heteroatoms. The van der Waals surface area contributed by atoms with Crippen LogP contribution in [0.15, 0.2) is 6.20 Å². The zero-order chi connectivity index (χ0) is 18.6. The summed E-state index contributed by atoms with van der Waals surface area (Å²) in [4.78, 5) is 14.9. The third kappa shape index (κ3) is 3.09. The zero-order valence-corrected chi connectivity index (χ0v) is 15.5. The van der Waals surface area contributed by atoms with E-state index in [2.05, 4.69) is 19.9 Å². The molecule has 1 aliphatic heterocycles. The highest BCUT2D eigenvalue weighted by atomic mass is 35.5. The first-order chi connectivity index (χ1) is 13.1. The van der Waals surface area contributed by atoms with Gasteiger partial charge in [0, 0.05) is 24.8 Å². The molecule has 0 amide bonds. The van der Waals surface area contributed by atoms with Crippen LogP contribution in [0.4, 0.5) is 10.2 Å². The Morgan fingerprint density at radius 1 is 1.41 bits per heavy atom. The van der Waals surface area contributed by atoms with Crippen molar-refractivity contribution < 1.29 is 19.0 Å². The summed E-state index contributed by atoms with van der Waals surface area (Å²) >= 11 is 5.87. The van der Waals surface area contributed by atoms with Gasteiger partial charge in [0.25, 0.3) is 0 Å². The molecular weight excluding hydrogens is 375 g/mol. The van der Waals surface area contributed by atoms with Crippen molar-refractivity contribution in [3.8, 4) is 6.01 Å². The van der Waals surface area contributed by atoms with Crippen LogP contribution in [0.5, 0.6) is 6.01 Å². The second kappa shape index (κ2) is 6.39. The van der Waals surface area contributed by atoms with Gasteiger partial charge in [0.15, 0.2) is 11.0 Å². The minimum absolute atomic E-state index is 0.0603. The molecule has 0 bridgehead atoms. The lowest BCUT2D eigenvalue weighted by atomic mass is 10.1. The van der Waals surface area contributed by atoms with E-state index in [0.717, 1.165) is 32.2 Å². The van der Waals surface area contributed by atoms with E-state index in [1.807, 2.05) is 0 Å². The minimum atomic E-state index is -0.677. The number of hydrogen-bond donors (Lipinski definition) is 1. The van der Waals surface area contributed by atoms with Gasteiger partial charge in [-0.3, -0.25) is 0 Å². The zero-order valence-electron chi connectivity index (χ0n) is 14.7. The molecule has 0 radical (unpaired) electrons. The molecule has 1 N–H and O–H groups in total. The van der Waals surface area contributed by atoms with E-state index in [4.69, 9.17) is 21.1 Å². The van der Waals surface area contributed by atoms with Crippen molar-refractivity contribution >= 4 is 28.3 Å². The van der Waals surface area contributed by atoms with Gasteiger partial charge in [-0.1, -0.05) is 11.6 Å². The van der Waals surface area contributed by atoms with Crippen molar-refractivity contribution in [1.29, 1.82) is 0 Å². The molecular formula is C18H20ClFN4O3. The van der Waals surface area contributed by atoms with E-state index < -0.39 is 5.82 Å². The SMILES string of the molecule is OCC1(COc2nc(N3CCCOC4CC43)c3cnc(Cl)c(F)c3n2)CC1. The van der Waals surface area contributed by atoms with E-state index >= 15 is 0 Å². The van der Waals surface area contributed by atoms with Crippen LogP contribution in [-0.4, -0.2) is 58.6 Å². The summed E-state index contributed by atoms with van der Waals surface area (Å²) in [6, 6.07) is 0.324. The van der Waals surface area contributed by atoms with Gasteiger partial charge in [0.1, 0.15) is 11.3 Å². The Kier molecular flexibility index (Phi) is 4.10. The number of ether oxygens (including phenoxy) is 2. The van der Waals surface area contributed by atoms with Crippen molar-refractivity contribution in [1.82, 2.24) is 15.0 Å². The molecule has 3 heterocycles. The number of halogens is 2. The molecule has 2 aliphatic carbocycles. The van der Waals surface area contributed by atoms with E-state index in [-0.39, 0.29) is 40.8 Å². The van der Waals surface area contributed by atoms with Gasteiger partial charge in [-0.2, -0.15) is 9.97 Å². The number of pyridine rings is 1. The van der Waals surface area contributed by atoms with Crippen molar-refractivity contribution in [2.24, 2.45) is 5.41 Å². The highest BCUT2D eigenvalue weighted by Gasteiger charge is 2.46. The second-order valence-electron chi connectivity index (χ2n) is 7.66. The minimum Gasteiger partial charge on any atom is -0.463 e. The Hall–Kier alpha value is -1.77. The third-order valence-electron chi connectivity index (χ3n) is 5.65. The van der Waals surface area contributed by atoms with Crippen LogP contribution in [0.2, 0.25) is 5.15 Å². The Labute approximate surface area is 160 Å². The van der Waals surface area contributed by atoms with Crippen LogP contribution in [0.3, 0.4) is 0 Å². The molecule has 3 aliphatic rings. The Morgan fingerprint density at radius 3 is 3.04 bits per heavy atom. The second-order valence-corrected chi connectivity index (χ2v) is 8.02. The molecule has 3 fully saturated rings. The average molecular weight is 395 g/mol. The maximum atomic E-state index is 14.6. The summed E-state index contributed by atoms with van der Waals surface area (Å²) in [5, 5.41) is 9.78. The Balaban J connectivity index is 1.56. The number of fused-ring (bicyclic) bond motifs is 2. The summed E-state index contributed by atoms with van der Waals surface area (Å²) in [7, 11) is 0. The molecule has 7 nitrogen and oxygen atoms in total. The molecule has 2 aromatic rings. The Bertz CT molecular complexity index is 895. The van der Waals surface area contributed by atoms with Crippen LogP contribution in [0.1, 0.15) is 25.7 Å². The number of aliphatic hydroxyl groups is 1. The Morgan fingerprint density at radius 2 is 2.26 bits per heavy atom. The maximum Gasteiger partial charge on any atom is 0.319 e. The highest BCUT2D eigenvalue weighted by Crippen LogP contribution is 2.45. The van der Waals surface area contributed by atoms with Gasteiger partial charge in [-0.15, -0.1) is 0 Å². The average Bonchev–Trinajstić information content (AvgIpc) is 3.57. The fourth-order valence-corrected chi connectivity index (χ4v) is 3.73. The van der Waals surface area contributed by atoms with E-state index in [0.29, 0.717) is 24.4 Å². The number of hydrogen-bond acceptors (Lipinski definition) is 7. The molecule has 1 saturated heterocycles. The van der Waals surface area contributed by atoms with E-state index in [9.17, 15) is 9.50 Å². The lowest BCUT2D eigenvalue weighted by Gasteiger charge is -2.24. The van der Waals surface area contributed by atoms with Crippen molar-refractivity contribution in [3.63, 3.8) is 0 Å². The summed E-state index contributed by atoms with van der Waals surface area (Å²) in [5.74, 6) is -0.0747. The van der Waals surface area contributed by atoms with Crippen LogP contribution < -0.4 is 9.64 Å². The van der Waals surface area contributed by atoms with Gasteiger partial charge < -0.3 is 19.5 Å². The topological polar surface area (TPSA) is 80.6 Å². The van der Waals surface area contributed by atoms with Crippen molar-refractivity contribution in [2.45, 2.75) is 37.8 Å². The first kappa shape index (κ1) is 17.3. The van der Waals surface area contributed by atoms with Gasteiger partial charge in [0.05, 0.1) is 30.7 Å². The molecule has 0 aromatic carbocycles. The predicted octanol–water partition coefficient (Wildman–Crippen LogP) is 2.34. The van der Waals surface area contributed by atoms with Gasteiger partial charge >= 0.3 is 6.01 Å². The molecule has 2 atom stereocenters. The third-order valence-corrected chi connectivity index (χ3v) is 5.91. The molecule has 5 rings (SSSR count). The van der Waals surface area contributed by atoms with Gasteiger partial charge in [-0.25, -0.2) is 9.37 Å². The molecule has 2 saturated carbocycles. The normalized spacial score (nSPS) is 25.8. The van der Waals surface area contributed by atoms with Crippen LogP contribution in [-0.2, 0) is 4.74 Å². The largest absolute Gasteiger partial charge is 0.463 e. The number of rotatable bonds is 5. The lowest BCUT2D eigenvalue weighted by Crippen LogP contribution is -2.29. The molecule has 2 aromatic heterocycles. The quantitative estimate of drug-likeness (QED) is 0.779. The molecule has 144 valence electrons. The van der Waals surface area contributed by atoms with Crippen LogP contribution >= 0.6 is 11.6 Å². The fraction of sp³-hybridized carbons (Fsp3) is 0.611. The van der Waals surface area contributed by atoms with E-state index in [1.165, 1.54) is 6.20 Å². The highest BCUT2D eigenvalue weighted by molar-refractivity contribution is 6.30. The summed E-state index contributed by atoms with van der Waals surface area (Å²) in [6.45, 7) is 1.84.